The van der Waals surface area contributed by atoms with Gasteiger partial charge in [-0.1, -0.05) is 22.0 Å². The minimum atomic E-state index is -3.70. The first-order valence-electron chi connectivity index (χ1n) is 9.33. The average molecular weight is 496 g/mol. The van der Waals surface area contributed by atoms with Gasteiger partial charge in [-0.2, -0.15) is 0 Å². The summed E-state index contributed by atoms with van der Waals surface area (Å²) in [5, 5.41) is 2.72. The first-order chi connectivity index (χ1) is 14.3. The predicted octanol–water partition coefficient (Wildman–Crippen LogP) is 2.89. The van der Waals surface area contributed by atoms with E-state index in [2.05, 4.69) is 26.0 Å². The van der Waals surface area contributed by atoms with E-state index in [1.165, 1.54) is 19.2 Å². The highest BCUT2D eigenvalue weighted by atomic mass is 79.9. The molecule has 2 aromatic rings. The molecule has 30 heavy (non-hydrogen) atoms. The number of methoxy groups -OCH3 is 1. The number of nitrogens with one attached hydrogen (secondary N) is 2. The highest BCUT2D eigenvalue weighted by Gasteiger charge is 2.24. The number of rotatable bonds is 8. The van der Waals surface area contributed by atoms with Crippen LogP contribution in [0.3, 0.4) is 0 Å². The summed E-state index contributed by atoms with van der Waals surface area (Å²) in [6, 6.07) is 11.4. The number of amides is 2. The second kappa shape index (κ2) is 9.59. The van der Waals surface area contributed by atoms with Crippen molar-refractivity contribution in [2.75, 3.05) is 30.4 Å². The number of carbonyl (C=O) groups is 2. The van der Waals surface area contributed by atoms with Crippen molar-refractivity contribution in [2.45, 2.75) is 24.2 Å². The Morgan fingerprint density at radius 1 is 1.23 bits per heavy atom. The van der Waals surface area contributed by atoms with Crippen molar-refractivity contribution in [2.24, 2.45) is 0 Å². The molecule has 2 amide bonds. The van der Waals surface area contributed by atoms with Crippen LogP contribution >= 0.6 is 15.9 Å². The van der Waals surface area contributed by atoms with Gasteiger partial charge in [0.1, 0.15) is 5.75 Å². The Morgan fingerprint density at radius 3 is 2.70 bits per heavy atom. The lowest BCUT2D eigenvalue weighted by atomic mass is 10.2. The molecule has 10 heteroatoms. The summed E-state index contributed by atoms with van der Waals surface area (Å²) in [6.45, 7) is 0.594. The zero-order valence-electron chi connectivity index (χ0n) is 16.4. The van der Waals surface area contributed by atoms with Gasteiger partial charge in [-0.15, -0.1) is 0 Å². The van der Waals surface area contributed by atoms with Gasteiger partial charge in [-0.25, -0.2) is 13.1 Å². The van der Waals surface area contributed by atoms with Gasteiger partial charge in [0.25, 0.3) is 0 Å². The maximum absolute atomic E-state index is 12.3. The zero-order chi connectivity index (χ0) is 21.7. The maximum atomic E-state index is 12.3. The molecule has 2 aromatic carbocycles. The van der Waals surface area contributed by atoms with Gasteiger partial charge in [0.2, 0.25) is 21.8 Å². The molecule has 3 rings (SSSR count). The van der Waals surface area contributed by atoms with Gasteiger partial charge in [0.15, 0.2) is 0 Å². The van der Waals surface area contributed by atoms with Crippen molar-refractivity contribution in [3.63, 3.8) is 0 Å². The summed E-state index contributed by atoms with van der Waals surface area (Å²) in [4.78, 5) is 26.0. The topological polar surface area (TPSA) is 105 Å². The smallest absolute Gasteiger partial charge is 0.240 e. The Morgan fingerprint density at radius 2 is 2.03 bits per heavy atom. The quantitative estimate of drug-likeness (QED) is 0.585. The van der Waals surface area contributed by atoms with Crippen molar-refractivity contribution in [1.29, 1.82) is 0 Å². The summed E-state index contributed by atoms with van der Waals surface area (Å²) in [5.41, 5.74) is 1.17. The lowest BCUT2D eigenvalue weighted by Crippen LogP contribution is -2.28. The van der Waals surface area contributed by atoms with Gasteiger partial charge >= 0.3 is 0 Å². The molecule has 8 nitrogen and oxygen atoms in total. The molecule has 0 spiro atoms. The van der Waals surface area contributed by atoms with Crippen LogP contribution in [0, 0.1) is 0 Å². The summed E-state index contributed by atoms with van der Waals surface area (Å²) in [5.74, 6) is 0.181. The molecule has 1 fully saturated rings. The monoisotopic (exact) mass is 495 g/mol. The third kappa shape index (κ3) is 5.38. The molecule has 2 N–H and O–H groups in total. The van der Waals surface area contributed by atoms with Crippen molar-refractivity contribution in [3.8, 4) is 5.75 Å². The van der Waals surface area contributed by atoms with Gasteiger partial charge < -0.3 is 15.0 Å². The highest BCUT2D eigenvalue weighted by Crippen LogP contribution is 2.33. The number of carbonyl (C=O) groups excluding carboxylic acids is 2. The first kappa shape index (κ1) is 22.3. The molecule has 0 aromatic heterocycles. The Bertz CT molecular complexity index is 1060. The molecule has 1 heterocycles. The molecule has 0 radical (unpaired) electrons. The number of hydrogen-bond acceptors (Lipinski definition) is 5. The molecule has 0 saturated carbocycles. The molecule has 1 saturated heterocycles. The largest absolute Gasteiger partial charge is 0.494 e. The number of benzene rings is 2. The van der Waals surface area contributed by atoms with Crippen LogP contribution in [-0.2, 0) is 19.6 Å². The number of hydrogen-bond donors (Lipinski definition) is 2. The zero-order valence-corrected chi connectivity index (χ0v) is 18.8. The Kier molecular flexibility index (Phi) is 7.11. The van der Waals surface area contributed by atoms with Crippen LogP contribution in [0.4, 0.5) is 11.4 Å². The van der Waals surface area contributed by atoms with E-state index in [1.54, 1.807) is 35.2 Å². The minimum absolute atomic E-state index is 0.0398. The van der Waals surface area contributed by atoms with Crippen molar-refractivity contribution in [1.82, 2.24) is 4.72 Å². The van der Waals surface area contributed by atoms with E-state index in [4.69, 9.17) is 4.74 Å². The molecule has 0 aliphatic carbocycles. The van der Waals surface area contributed by atoms with E-state index >= 15 is 0 Å². The van der Waals surface area contributed by atoms with Gasteiger partial charge in [0, 0.05) is 42.2 Å². The second-order valence-corrected chi connectivity index (χ2v) is 9.37. The predicted molar refractivity (Wildman–Crippen MR) is 117 cm³/mol. The van der Waals surface area contributed by atoms with Crippen LogP contribution in [0.25, 0.3) is 0 Å². The summed E-state index contributed by atoms with van der Waals surface area (Å²) in [7, 11) is -2.20. The third-order valence-corrected chi connectivity index (χ3v) is 6.53. The lowest BCUT2D eigenvalue weighted by molar-refractivity contribution is -0.117. The van der Waals surface area contributed by atoms with Crippen molar-refractivity contribution < 1.29 is 22.7 Å². The Hall–Kier alpha value is -2.43. The van der Waals surface area contributed by atoms with Crippen LogP contribution < -0.4 is 19.7 Å². The van der Waals surface area contributed by atoms with Crippen LogP contribution in [0.5, 0.6) is 5.75 Å². The molecular weight excluding hydrogens is 474 g/mol. The number of ether oxygens (including phenoxy) is 1. The Balaban J connectivity index is 1.58. The number of anilines is 2. The van der Waals surface area contributed by atoms with Gasteiger partial charge in [-0.05, 0) is 36.8 Å². The third-order valence-electron chi connectivity index (χ3n) is 4.58. The van der Waals surface area contributed by atoms with Crippen molar-refractivity contribution in [3.05, 3.63) is 46.9 Å². The number of sulfonamides is 1. The van der Waals surface area contributed by atoms with Crippen LogP contribution in [0.1, 0.15) is 19.3 Å². The van der Waals surface area contributed by atoms with E-state index in [1.807, 2.05) is 0 Å². The lowest BCUT2D eigenvalue weighted by Gasteiger charge is -2.19. The summed E-state index contributed by atoms with van der Waals surface area (Å²) in [6.07, 6.45) is 1.27. The Labute approximate surface area is 183 Å². The van der Waals surface area contributed by atoms with E-state index < -0.39 is 10.0 Å². The van der Waals surface area contributed by atoms with E-state index in [9.17, 15) is 18.0 Å². The first-order valence-corrected chi connectivity index (χ1v) is 11.6. The minimum Gasteiger partial charge on any atom is -0.494 e. The molecule has 0 unspecified atom stereocenters. The summed E-state index contributed by atoms with van der Waals surface area (Å²) < 4.78 is 33.0. The molecular formula is C20H22BrN3O5S. The van der Waals surface area contributed by atoms with Crippen LogP contribution in [-0.4, -0.2) is 40.4 Å². The van der Waals surface area contributed by atoms with Gasteiger partial charge in [-0.3, -0.25) is 9.59 Å². The standard InChI is InChI=1S/C20H22BrN3O5S/c1-29-18-13-15(7-8-17(18)24-11-3-6-20(24)26)23-19(25)9-10-22-30(27,28)16-5-2-4-14(21)12-16/h2,4-5,7-8,12-13,22H,3,6,9-11H2,1H3,(H,23,25). The number of nitrogens with zero attached hydrogens (tertiary/aromatic N) is 1. The molecule has 0 bridgehead atoms. The number of halogens is 1. The SMILES string of the molecule is COc1cc(NC(=O)CCNS(=O)(=O)c2cccc(Br)c2)ccc1N1CCCC1=O. The van der Waals surface area contributed by atoms with Gasteiger partial charge in [0.05, 0.1) is 17.7 Å². The van der Waals surface area contributed by atoms with Crippen LogP contribution in [0.2, 0.25) is 0 Å². The molecule has 1 aliphatic rings. The van der Waals surface area contributed by atoms with Crippen molar-refractivity contribution >= 4 is 49.1 Å². The van der Waals surface area contributed by atoms with E-state index in [-0.39, 0.29) is 29.7 Å². The molecule has 1 aliphatic heterocycles. The maximum Gasteiger partial charge on any atom is 0.240 e. The van der Waals surface area contributed by atoms with E-state index in [0.29, 0.717) is 34.6 Å². The van der Waals surface area contributed by atoms with E-state index in [0.717, 1.165) is 6.42 Å². The molecule has 0 atom stereocenters. The normalized spacial score (nSPS) is 14.1. The second-order valence-electron chi connectivity index (χ2n) is 6.69. The fourth-order valence-corrected chi connectivity index (χ4v) is 4.75. The van der Waals surface area contributed by atoms with Crippen LogP contribution in [0.15, 0.2) is 51.8 Å². The highest BCUT2D eigenvalue weighted by molar-refractivity contribution is 9.10. The average Bonchev–Trinajstić information content (AvgIpc) is 3.13. The summed E-state index contributed by atoms with van der Waals surface area (Å²) >= 11 is 3.24. The fraction of sp³-hybridized carbons (Fsp3) is 0.300. The molecule has 160 valence electrons. The fourth-order valence-electron chi connectivity index (χ4n) is 3.12.